The third-order valence-electron chi connectivity index (χ3n) is 4.00. The molecule has 1 fully saturated rings. The molecule has 1 unspecified atom stereocenters. The van der Waals surface area contributed by atoms with Gasteiger partial charge < -0.3 is 14.2 Å². The van der Waals surface area contributed by atoms with Gasteiger partial charge in [0.15, 0.2) is 0 Å². The highest BCUT2D eigenvalue weighted by atomic mass is 16.7. The number of carbonyl (C=O) groups is 3. The van der Waals surface area contributed by atoms with E-state index in [2.05, 4.69) is 0 Å². The fourth-order valence-corrected chi connectivity index (χ4v) is 2.92. The number of amides is 3. The molecule has 10 nitrogen and oxygen atoms in total. The number of fused-ring (bicyclic) bond motifs is 1. The number of hydroxylamine groups is 2. The van der Waals surface area contributed by atoms with Crippen molar-refractivity contribution in [3.8, 4) is 0 Å². The molecule has 0 saturated carbocycles. The summed E-state index contributed by atoms with van der Waals surface area (Å²) in [6.45, 7) is 9.43. The van der Waals surface area contributed by atoms with E-state index in [9.17, 15) is 14.4 Å². The fraction of sp³-hybridized carbons (Fsp3) is 0.722. The van der Waals surface area contributed by atoms with Gasteiger partial charge in [-0.25, -0.2) is 24.4 Å². The van der Waals surface area contributed by atoms with Gasteiger partial charge in [0.05, 0.1) is 39.0 Å². The first-order chi connectivity index (χ1) is 13.2. The molecule has 10 heteroatoms. The molecule has 2 aliphatic heterocycles. The molecule has 0 aromatic heterocycles. The van der Waals surface area contributed by atoms with Gasteiger partial charge in [0.25, 0.3) is 0 Å². The lowest BCUT2D eigenvalue weighted by Gasteiger charge is -2.41. The Kier molecular flexibility index (Phi) is 7.11. The third-order valence-corrected chi connectivity index (χ3v) is 4.00. The number of rotatable bonds is 2. The van der Waals surface area contributed by atoms with E-state index in [0.29, 0.717) is 6.42 Å². The van der Waals surface area contributed by atoms with Gasteiger partial charge in [-0.05, 0) is 46.6 Å². The van der Waals surface area contributed by atoms with E-state index < -0.39 is 29.9 Å². The molecule has 0 bridgehead atoms. The molecule has 158 valence electrons. The highest BCUT2D eigenvalue weighted by molar-refractivity contribution is 5.76. The smallest absolute Gasteiger partial charge is 0.434 e. The fourth-order valence-electron chi connectivity index (χ4n) is 2.92. The Morgan fingerprint density at radius 1 is 1.11 bits per heavy atom. The van der Waals surface area contributed by atoms with Crippen LogP contribution in [0.1, 0.15) is 41.0 Å². The van der Waals surface area contributed by atoms with Crippen molar-refractivity contribution in [1.82, 2.24) is 15.1 Å². The second-order valence-corrected chi connectivity index (χ2v) is 7.26. The minimum Gasteiger partial charge on any atom is -0.448 e. The predicted molar refractivity (Wildman–Crippen MR) is 98.0 cm³/mol. The second-order valence-electron chi connectivity index (χ2n) is 7.26. The summed E-state index contributed by atoms with van der Waals surface area (Å²) >= 11 is 0. The van der Waals surface area contributed by atoms with Crippen LogP contribution in [0.4, 0.5) is 14.4 Å². The quantitative estimate of drug-likeness (QED) is 0.520. The van der Waals surface area contributed by atoms with Crippen LogP contribution in [0.5, 0.6) is 0 Å². The van der Waals surface area contributed by atoms with E-state index in [1.165, 1.54) is 10.0 Å². The number of nitrogens with zero attached hydrogens (tertiary/aromatic N) is 3. The summed E-state index contributed by atoms with van der Waals surface area (Å²) in [6.07, 6.45) is 0.268. The summed E-state index contributed by atoms with van der Waals surface area (Å²) in [5.74, 6) is 0. The number of carbonyl (C=O) groups excluding carboxylic acids is 3. The lowest BCUT2D eigenvalue weighted by Crippen LogP contribution is -2.58. The minimum absolute atomic E-state index is 0.117. The SMILES string of the molecule is CCOC(=O)N1CC=C2CN(C(=O)OC(C)(C)C)OCCC2N1C(=O)OCC. The number of hydrogen-bond acceptors (Lipinski definition) is 7. The Labute approximate surface area is 164 Å². The summed E-state index contributed by atoms with van der Waals surface area (Å²) in [4.78, 5) is 42.8. The molecule has 3 amide bonds. The Morgan fingerprint density at radius 2 is 1.75 bits per heavy atom. The summed E-state index contributed by atoms with van der Waals surface area (Å²) in [5.41, 5.74) is 0.0991. The molecule has 28 heavy (non-hydrogen) atoms. The Bertz CT molecular complexity index is 629. The van der Waals surface area contributed by atoms with Crippen molar-refractivity contribution in [2.45, 2.75) is 52.7 Å². The molecule has 1 saturated heterocycles. The third kappa shape index (κ3) is 5.28. The van der Waals surface area contributed by atoms with E-state index >= 15 is 0 Å². The van der Waals surface area contributed by atoms with Gasteiger partial charge in [-0.2, -0.15) is 5.06 Å². The Balaban J connectivity index is 2.25. The molecule has 0 radical (unpaired) electrons. The summed E-state index contributed by atoms with van der Waals surface area (Å²) < 4.78 is 15.6. The van der Waals surface area contributed by atoms with Gasteiger partial charge in [-0.15, -0.1) is 0 Å². The van der Waals surface area contributed by atoms with Crippen LogP contribution in [0, 0.1) is 0 Å². The van der Waals surface area contributed by atoms with Crippen molar-refractivity contribution in [1.29, 1.82) is 0 Å². The van der Waals surface area contributed by atoms with E-state index in [0.717, 1.165) is 10.6 Å². The standard InChI is InChI=1S/C18H29N3O7/c1-6-25-15(22)19-10-8-13-12-20(16(23)28-18(3,4)5)27-11-9-14(13)21(19)17(24)26-7-2/h8,14H,6-7,9-12H2,1-5H3. The lowest BCUT2D eigenvalue weighted by atomic mass is 10.0. The summed E-state index contributed by atoms with van der Waals surface area (Å²) in [7, 11) is 0. The van der Waals surface area contributed by atoms with Crippen LogP contribution < -0.4 is 0 Å². The summed E-state index contributed by atoms with van der Waals surface area (Å²) in [6, 6.07) is -0.496. The van der Waals surface area contributed by atoms with Gasteiger partial charge in [-0.3, -0.25) is 4.84 Å². The van der Waals surface area contributed by atoms with Crippen LogP contribution in [0.25, 0.3) is 0 Å². The summed E-state index contributed by atoms with van der Waals surface area (Å²) in [5, 5.41) is 3.60. The van der Waals surface area contributed by atoms with E-state index in [1.54, 1.807) is 40.7 Å². The van der Waals surface area contributed by atoms with E-state index in [-0.39, 0.29) is 32.9 Å². The average Bonchev–Trinajstić information content (AvgIpc) is 2.82. The predicted octanol–water partition coefficient (Wildman–Crippen LogP) is 2.70. The van der Waals surface area contributed by atoms with Crippen molar-refractivity contribution in [3.05, 3.63) is 11.6 Å². The highest BCUT2D eigenvalue weighted by Gasteiger charge is 2.41. The zero-order valence-corrected chi connectivity index (χ0v) is 17.1. The molecular formula is C18H29N3O7. The van der Waals surface area contributed by atoms with Crippen LogP contribution in [0.2, 0.25) is 0 Å². The first kappa shape index (κ1) is 21.8. The Morgan fingerprint density at radius 3 is 2.36 bits per heavy atom. The van der Waals surface area contributed by atoms with Gasteiger partial charge in [0, 0.05) is 0 Å². The minimum atomic E-state index is -0.662. The maximum absolute atomic E-state index is 12.6. The number of hydrazine groups is 1. The van der Waals surface area contributed by atoms with Crippen molar-refractivity contribution in [3.63, 3.8) is 0 Å². The zero-order chi connectivity index (χ0) is 20.9. The van der Waals surface area contributed by atoms with Crippen LogP contribution in [0.3, 0.4) is 0 Å². The molecule has 0 N–H and O–H groups in total. The molecule has 0 aliphatic carbocycles. The number of hydrogen-bond donors (Lipinski definition) is 0. The zero-order valence-electron chi connectivity index (χ0n) is 17.1. The van der Waals surface area contributed by atoms with Crippen LogP contribution in [-0.4, -0.2) is 77.9 Å². The highest BCUT2D eigenvalue weighted by Crippen LogP contribution is 2.28. The van der Waals surface area contributed by atoms with E-state index in [1.807, 2.05) is 0 Å². The lowest BCUT2D eigenvalue weighted by molar-refractivity contribution is -0.138. The largest absolute Gasteiger partial charge is 0.448 e. The molecule has 0 aromatic carbocycles. The molecular weight excluding hydrogens is 370 g/mol. The van der Waals surface area contributed by atoms with Crippen molar-refractivity contribution in [2.24, 2.45) is 0 Å². The van der Waals surface area contributed by atoms with Gasteiger partial charge in [0.1, 0.15) is 5.60 Å². The van der Waals surface area contributed by atoms with Gasteiger partial charge in [0.2, 0.25) is 0 Å². The maximum Gasteiger partial charge on any atom is 0.434 e. The second kappa shape index (κ2) is 9.13. The molecule has 0 spiro atoms. The normalized spacial score (nSPS) is 20.0. The van der Waals surface area contributed by atoms with Crippen molar-refractivity contribution in [2.75, 3.05) is 32.9 Å². The molecule has 0 aromatic rings. The first-order valence-corrected chi connectivity index (χ1v) is 9.40. The molecule has 2 heterocycles. The van der Waals surface area contributed by atoms with Crippen molar-refractivity contribution < 1.29 is 33.4 Å². The Hall–Kier alpha value is -2.49. The average molecular weight is 399 g/mol. The first-order valence-electron chi connectivity index (χ1n) is 9.40. The van der Waals surface area contributed by atoms with Crippen molar-refractivity contribution >= 4 is 18.3 Å². The van der Waals surface area contributed by atoms with Gasteiger partial charge in [-0.1, -0.05) is 6.08 Å². The maximum atomic E-state index is 12.6. The van der Waals surface area contributed by atoms with Crippen LogP contribution >= 0.6 is 0 Å². The number of ether oxygens (including phenoxy) is 3. The molecule has 2 aliphatic rings. The van der Waals surface area contributed by atoms with Crippen LogP contribution in [-0.2, 0) is 19.0 Å². The van der Waals surface area contributed by atoms with E-state index in [4.69, 9.17) is 19.0 Å². The van der Waals surface area contributed by atoms with Crippen LogP contribution in [0.15, 0.2) is 11.6 Å². The van der Waals surface area contributed by atoms with Gasteiger partial charge >= 0.3 is 18.3 Å². The topological polar surface area (TPSA) is 97.9 Å². The molecule has 1 atom stereocenters. The monoisotopic (exact) mass is 399 g/mol. The molecule has 2 rings (SSSR count).